The molecule has 6 rings (SSSR count). The number of hydrogen-bond donors (Lipinski definition) is 2. The van der Waals surface area contributed by atoms with E-state index < -0.39 is 17.6 Å². The van der Waals surface area contributed by atoms with Crippen molar-refractivity contribution in [2.75, 3.05) is 31.6 Å². The van der Waals surface area contributed by atoms with Gasteiger partial charge in [0.15, 0.2) is 0 Å². The molecule has 5 fully saturated rings. The fourth-order valence-electron chi connectivity index (χ4n) is 6.69. The van der Waals surface area contributed by atoms with Gasteiger partial charge in [0.2, 0.25) is 5.91 Å². The summed E-state index contributed by atoms with van der Waals surface area (Å²) in [7, 11) is 1.71. The molecule has 0 radical (unpaired) electrons. The summed E-state index contributed by atoms with van der Waals surface area (Å²) in [6.07, 6.45) is 11.0. The molecule has 1 atom stereocenters. The summed E-state index contributed by atoms with van der Waals surface area (Å²) in [6.45, 7) is 1.91. The number of ether oxygens (including phenoxy) is 1. The maximum absolute atomic E-state index is 15.1. The van der Waals surface area contributed by atoms with Crippen molar-refractivity contribution in [1.82, 2.24) is 10.6 Å². The number of allylic oxidation sites excluding steroid dienone is 2. The van der Waals surface area contributed by atoms with Crippen LogP contribution < -0.4 is 15.5 Å². The average molecular weight is 499 g/mol. The van der Waals surface area contributed by atoms with Gasteiger partial charge in [0.05, 0.1) is 18.6 Å². The van der Waals surface area contributed by atoms with Gasteiger partial charge in [0.1, 0.15) is 11.6 Å². The van der Waals surface area contributed by atoms with Crippen LogP contribution in [0.2, 0.25) is 0 Å². The lowest BCUT2D eigenvalue weighted by Crippen LogP contribution is -2.60. The van der Waals surface area contributed by atoms with E-state index in [4.69, 9.17) is 4.74 Å². The molecular formula is C28H36F2N4O2. The van der Waals surface area contributed by atoms with Crippen molar-refractivity contribution in [2.45, 2.75) is 76.2 Å². The summed E-state index contributed by atoms with van der Waals surface area (Å²) in [5.74, 6) is -1.76. The molecule has 1 amide bonds. The number of benzene rings is 1. The first-order chi connectivity index (χ1) is 17.4. The molecule has 36 heavy (non-hydrogen) atoms. The van der Waals surface area contributed by atoms with Crippen LogP contribution >= 0.6 is 0 Å². The Morgan fingerprint density at radius 1 is 1.17 bits per heavy atom. The number of anilines is 1. The molecule has 0 aromatic heterocycles. The van der Waals surface area contributed by atoms with Crippen molar-refractivity contribution in [3.05, 3.63) is 40.6 Å². The third-order valence-corrected chi connectivity index (χ3v) is 9.16. The molecular weight excluding hydrogens is 462 g/mol. The molecule has 194 valence electrons. The van der Waals surface area contributed by atoms with Gasteiger partial charge < -0.3 is 20.3 Å². The predicted octanol–water partition coefficient (Wildman–Crippen LogP) is 4.76. The molecule has 1 aromatic rings. The number of nitrogens with zero attached hydrogens (tertiary/aromatic N) is 2. The summed E-state index contributed by atoms with van der Waals surface area (Å²) in [4.78, 5) is 18.8. The molecule has 2 saturated heterocycles. The van der Waals surface area contributed by atoms with Crippen LogP contribution in [0.4, 0.5) is 14.5 Å². The topological polar surface area (TPSA) is 66.0 Å². The van der Waals surface area contributed by atoms with Crippen LogP contribution in [0.15, 0.2) is 28.4 Å². The smallest absolute Gasteiger partial charge is 0.284 e. The minimum Gasteiger partial charge on any atom is -0.465 e. The van der Waals surface area contributed by atoms with Crippen LogP contribution in [0.25, 0.3) is 0 Å². The monoisotopic (exact) mass is 498 g/mol. The predicted molar refractivity (Wildman–Crippen MR) is 135 cm³/mol. The van der Waals surface area contributed by atoms with Crippen LogP contribution in [0, 0.1) is 23.0 Å². The maximum Gasteiger partial charge on any atom is 0.284 e. The molecule has 1 aromatic carbocycles. The first-order valence-electron chi connectivity index (χ1n) is 13.5. The Hall–Kier alpha value is -2.64. The second-order valence-electron chi connectivity index (χ2n) is 11.6. The largest absolute Gasteiger partial charge is 0.465 e. The van der Waals surface area contributed by atoms with Gasteiger partial charge in [-0.25, -0.2) is 13.8 Å². The van der Waals surface area contributed by atoms with E-state index in [2.05, 4.69) is 15.6 Å². The van der Waals surface area contributed by atoms with Gasteiger partial charge in [-0.15, -0.1) is 0 Å². The number of aliphatic imine (C=N–C) groups is 1. The van der Waals surface area contributed by atoms with Gasteiger partial charge in [-0.3, -0.25) is 4.79 Å². The molecule has 1 unspecified atom stereocenters. The van der Waals surface area contributed by atoms with Crippen molar-refractivity contribution in [2.24, 2.45) is 16.3 Å². The van der Waals surface area contributed by atoms with E-state index in [9.17, 15) is 4.79 Å². The number of piperidine rings is 1. The van der Waals surface area contributed by atoms with Crippen LogP contribution in [-0.4, -0.2) is 44.7 Å². The minimum atomic E-state index is -0.787. The Morgan fingerprint density at radius 3 is 2.44 bits per heavy atom. The molecule has 0 bridgehead atoms. The maximum atomic E-state index is 15.1. The molecule has 5 aliphatic rings. The van der Waals surface area contributed by atoms with Crippen LogP contribution in [-0.2, 0) is 9.53 Å². The van der Waals surface area contributed by atoms with Crippen molar-refractivity contribution in [3.8, 4) is 0 Å². The molecule has 3 saturated carbocycles. The second kappa shape index (κ2) is 9.34. The first-order valence-corrected chi connectivity index (χ1v) is 13.5. The quantitative estimate of drug-likeness (QED) is 0.454. The van der Waals surface area contributed by atoms with E-state index in [1.807, 2.05) is 4.90 Å². The van der Waals surface area contributed by atoms with Crippen molar-refractivity contribution < 1.29 is 18.3 Å². The van der Waals surface area contributed by atoms with Crippen LogP contribution in [0.3, 0.4) is 0 Å². The number of carbonyl (C=O) groups excluding carboxylic acids is 1. The molecule has 6 nitrogen and oxygen atoms in total. The van der Waals surface area contributed by atoms with E-state index in [0.29, 0.717) is 55.6 Å². The Kier molecular flexibility index (Phi) is 6.16. The zero-order valence-electron chi connectivity index (χ0n) is 21.0. The zero-order valence-corrected chi connectivity index (χ0v) is 21.0. The molecule has 2 heterocycles. The van der Waals surface area contributed by atoms with E-state index >= 15 is 8.78 Å². The third kappa shape index (κ3) is 4.37. The van der Waals surface area contributed by atoms with Gasteiger partial charge >= 0.3 is 0 Å². The second-order valence-corrected chi connectivity index (χ2v) is 11.6. The Morgan fingerprint density at radius 2 is 1.89 bits per heavy atom. The fourth-order valence-corrected chi connectivity index (χ4v) is 6.69. The Bertz CT molecular complexity index is 1070. The van der Waals surface area contributed by atoms with Crippen LogP contribution in [0.1, 0.15) is 75.7 Å². The highest BCUT2D eigenvalue weighted by Gasteiger charge is 2.48. The highest BCUT2D eigenvalue weighted by atomic mass is 19.1. The number of carbonyl (C=O) groups is 1. The van der Waals surface area contributed by atoms with Gasteiger partial charge in [-0.05, 0) is 81.3 Å². The van der Waals surface area contributed by atoms with E-state index in [0.717, 1.165) is 25.0 Å². The highest BCUT2D eigenvalue weighted by Crippen LogP contribution is 2.58. The summed E-state index contributed by atoms with van der Waals surface area (Å²) in [6, 6.07) is 3.37. The lowest BCUT2D eigenvalue weighted by atomic mass is 9.52. The molecule has 2 aliphatic heterocycles. The number of rotatable bonds is 5. The first kappa shape index (κ1) is 23.7. The molecule has 3 aliphatic carbocycles. The van der Waals surface area contributed by atoms with E-state index in [1.165, 1.54) is 49.8 Å². The Balaban J connectivity index is 1.01. The van der Waals surface area contributed by atoms with Gasteiger partial charge in [0, 0.05) is 37.1 Å². The number of nitrogens with one attached hydrogen (secondary N) is 2. The highest BCUT2D eigenvalue weighted by molar-refractivity contribution is 5.86. The minimum absolute atomic E-state index is 0.107. The molecule has 1 spiro atoms. The fraction of sp³-hybridized carbons (Fsp3) is 0.643. The number of amides is 1. The molecule has 8 heteroatoms. The third-order valence-electron chi connectivity index (χ3n) is 9.16. The number of amidine groups is 1. The number of hydrogen-bond acceptors (Lipinski definition) is 4. The summed E-state index contributed by atoms with van der Waals surface area (Å²) < 4.78 is 36.1. The zero-order chi connectivity index (χ0) is 24.9. The normalized spacial score (nSPS) is 26.1. The standard InChI is InChI=1S/C28H36F2N4O2/c1-31-27(36-16-17-12-28(13-17)8-3-9-28)32-19-14-34(15-19)20-10-22(29)25(23(30)11-20)21-6-7-24(33-26(21)35)18-4-2-5-18/h10-11,17,19,21H,2-9,12-16H2,1H3,(H,31,32)(H,33,35). The molecule has 2 N–H and O–H groups in total. The van der Waals surface area contributed by atoms with Gasteiger partial charge in [-0.1, -0.05) is 12.0 Å². The summed E-state index contributed by atoms with van der Waals surface area (Å²) in [5.41, 5.74) is 3.27. The van der Waals surface area contributed by atoms with Gasteiger partial charge in [-0.2, -0.15) is 0 Å². The van der Waals surface area contributed by atoms with Crippen molar-refractivity contribution in [1.29, 1.82) is 0 Å². The number of halogens is 2. The van der Waals surface area contributed by atoms with E-state index in [1.54, 1.807) is 7.05 Å². The Labute approximate surface area is 211 Å². The van der Waals surface area contributed by atoms with E-state index in [-0.39, 0.29) is 17.5 Å². The summed E-state index contributed by atoms with van der Waals surface area (Å²) >= 11 is 0. The average Bonchev–Trinajstić information content (AvgIpc) is 2.71. The lowest BCUT2D eigenvalue weighted by molar-refractivity contribution is -0.123. The van der Waals surface area contributed by atoms with Crippen molar-refractivity contribution >= 4 is 17.6 Å². The van der Waals surface area contributed by atoms with Gasteiger partial charge in [0.25, 0.3) is 6.02 Å². The lowest BCUT2D eigenvalue weighted by Gasteiger charge is -2.54. The SMILES string of the molecule is CN=C(NC1CN(c2cc(F)c(C3CCC(=C4CCC4)NC3=O)c(F)c2)C1)OCC1CC2(CCC2)C1. The summed E-state index contributed by atoms with van der Waals surface area (Å²) in [5, 5.41) is 6.23. The van der Waals surface area contributed by atoms with Crippen molar-refractivity contribution in [3.63, 3.8) is 0 Å². The van der Waals surface area contributed by atoms with Crippen LogP contribution in [0.5, 0.6) is 0 Å².